The van der Waals surface area contributed by atoms with Gasteiger partial charge in [0.15, 0.2) is 0 Å². The van der Waals surface area contributed by atoms with E-state index in [2.05, 4.69) is 6.92 Å². The molecule has 4 heteroatoms. The predicted octanol–water partition coefficient (Wildman–Crippen LogP) is 1.65. The molecule has 0 heterocycles. The molecule has 0 saturated heterocycles. The average molecular weight is 224 g/mol. The van der Waals surface area contributed by atoms with Crippen LogP contribution in [0.1, 0.15) is 27.2 Å². The Balaban J connectivity index is 2.27. The van der Waals surface area contributed by atoms with Crippen LogP contribution in [0.5, 0.6) is 0 Å². The molecule has 0 aromatic carbocycles. The Hall–Kier alpha value is -1.32. The minimum atomic E-state index is -1.16. The van der Waals surface area contributed by atoms with Crippen molar-refractivity contribution in [2.75, 3.05) is 0 Å². The number of carbonyl (C=O) groups is 2. The highest BCUT2D eigenvalue weighted by Gasteiger charge is 2.56. The van der Waals surface area contributed by atoms with Crippen molar-refractivity contribution in [3.8, 4) is 0 Å². The average Bonchev–Trinajstić information content (AvgIpc) is 2.13. The van der Waals surface area contributed by atoms with Gasteiger partial charge in [-0.1, -0.05) is 13.0 Å². The first-order valence-electron chi connectivity index (χ1n) is 5.53. The highest BCUT2D eigenvalue weighted by atomic mass is 16.7. The number of allylic oxidation sites excluding steroid dienone is 1. The fourth-order valence-corrected chi connectivity index (χ4v) is 2.68. The quantitative estimate of drug-likeness (QED) is 0.406. The molecule has 0 spiro atoms. The zero-order valence-corrected chi connectivity index (χ0v) is 9.73. The molecule has 4 nitrogen and oxygen atoms in total. The van der Waals surface area contributed by atoms with Gasteiger partial charge in [0.2, 0.25) is 0 Å². The summed E-state index contributed by atoms with van der Waals surface area (Å²) in [7, 11) is 0. The van der Waals surface area contributed by atoms with Crippen LogP contribution in [-0.4, -0.2) is 17.7 Å². The first kappa shape index (κ1) is 11.2. The number of rotatable bonds is 2. The number of hydrogen-bond acceptors (Lipinski definition) is 4. The summed E-state index contributed by atoms with van der Waals surface area (Å²) in [6.07, 6.45) is 4.61. The van der Waals surface area contributed by atoms with Crippen molar-refractivity contribution >= 4 is 11.9 Å². The molecule has 16 heavy (non-hydrogen) atoms. The molecule has 3 aliphatic rings. The summed E-state index contributed by atoms with van der Waals surface area (Å²) in [6.45, 7) is 4.74. The minimum absolute atomic E-state index is 0.0929. The number of esters is 2. The molecule has 0 amide bonds. The van der Waals surface area contributed by atoms with E-state index in [1.54, 1.807) is 6.08 Å². The molecule has 0 aliphatic heterocycles. The Morgan fingerprint density at radius 1 is 1.25 bits per heavy atom. The highest BCUT2D eigenvalue weighted by Crippen LogP contribution is 2.53. The molecule has 1 fully saturated rings. The Bertz CT molecular complexity index is 342. The summed E-state index contributed by atoms with van der Waals surface area (Å²) in [4.78, 5) is 22.2. The summed E-state index contributed by atoms with van der Waals surface area (Å²) >= 11 is 0. The summed E-state index contributed by atoms with van der Waals surface area (Å²) in [5.41, 5.74) is 0. The van der Waals surface area contributed by atoms with Crippen molar-refractivity contribution in [3.05, 3.63) is 12.2 Å². The van der Waals surface area contributed by atoms with Crippen molar-refractivity contribution in [2.24, 2.45) is 17.8 Å². The first-order valence-corrected chi connectivity index (χ1v) is 5.53. The Labute approximate surface area is 94.6 Å². The lowest BCUT2D eigenvalue weighted by Gasteiger charge is -2.52. The first-order chi connectivity index (χ1) is 7.44. The van der Waals surface area contributed by atoms with Gasteiger partial charge in [-0.25, -0.2) is 0 Å². The number of hydrogen-bond donors (Lipinski definition) is 0. The van der Waals surface area contributed by atoms with Gasteiger partial charge in [0.05, 0.1) is 0 Å². The Kier molecular flexibility index (Phi) is 2.52. The Morgan fingerprint density at radius 2 is 1.81 bits per heavy atom. The molecular weight excluding hydrogens is 208 g/mol. The van der Waals surface area contributed by atoms with E-state index in [9.17, 15) is 9.59 Å². The normalized spacial score (nSPS) is 33.8. The molecule has 2 bridgehead atoms. The second-order valence-corrected chi connectivity index (χ2v) is 4.63. The van der Waals surface area contributed by atoms with Gasteiger partial charge in [0.25, 0.3) is 5.79 Å². The van der Waals surface area contributed by atoms with E-state index in [1.807, 2.05) is 6.08 Å². The second kappa shape index (κ2) is 3.61. The summed E-state index contributed by atoms with van der Waals surface area (Å²) in [6, 6.07) is 0. The molecule has 0 aromatic heterocycles. The molecule has 3 rings (SSSR count). The van der Waals surface area contributed by atoms with E-state index in [1.165, 1.54) is 13.8 Å². The van der Waals surface area contributed by atoms with Crippen molar-refractivity contribution in [2.45, 2.75) is 33.0 Å². The van der Waals surface area contributed by atoms with Crippen LogP contribution in [-0.2, 0) is 19.1 Å². The number of carbonyl (C=O) groups excluding carboxylic acids is 2. The van der Waals surface area contributed by atoms with Gasteiger partial charge in [-0.05, 0) is 24.3 Å². The maximum Gasteiger partial charge on any atom is 0.306 e. The van der Waals surface area contributed by atoms with Crippen LogP contribution >= 0.6 is 0 Å². The third-order valence-corrected chi connectivity index (χ3v) is 3.54. The lowest BCUT2D eigenvalue weighted by atomic mass is 9.58. The molecular formula is C12H16O4. The lowest BCUT2D eigenvalue weighted by Crippen LogP contribution is -2.56. The summed E-state index contributed by atoms with van der Waals surface area (Å²) in [5, 5.41) is 0. The lowest BCUT2D eigenvalue weighted by molar-refractivity contribution is -0.251. The topological polar surface area (TPSA) is 52.6 Å². The maximum absolute atomic E-state index is 11.1. The standard InChI is InChI=1S/C12H16O4/c1-7-10-4-5-12(11(7)6-10,15-8(2)13)16-9(3)14/h4-5,7,10-11H,6H2,1-3H3. The zero-order valence-electron chi connectivity index (χ0n) is 9.73. The van der Waals surface area contributed by atoms with Crippen LogP contribution < -0.4 is 0 Å². The minimum Gasteiger partial charge on any atom is -0.418 e. The molecule has 0 radical (unpaired) electrons. The maximum atomic E-state index is 11.1. The molecule has 3 atom stereocenters. The van der Waals surface area contributed by atoms with Gasteiger partial charge in [-0.2, -0.15) is 0 Å². The van der Waals surface area contributed by atoms with Crippen LogP contribution in [0.4, 0.5) is 0 Å². The Morgan fingerprint density at radius 3 is 2.19 bits per heavy atom. The van der Waals surface area contributed by atoms with Crippen LogP contribution in [0.2, 0.25) is 0 Å². The van der Waals surface area contributed by atoms with E-state index in [0.717, 1.165) is 6.42 Å². The van der Waals surface area contributed by atoms with Crippen LogP contribution in [0.25, 0.3) is 0 Å². The molecule has 88 valence electrons. The smallest absolute Gasteiger partial charge is 0.306 e. The van der Waals surface area contributed by atoms with Gasteiger partial charge in [0.1, 0.15) is 0 Å². The van der Waals surface area contributed by atoms with Gasteiger partial charge < -0.3 is 9.47 Å². The van der Waals surface area contributed by atoms with Crippen LogP contribution in [0.3, 0.4) is 0 Å². The summed E-state index contributed by atoms with van der Waals surface area (Å²) < 4.78 is 10.5. The third-order valence-electron chi connectivity index (χ3n) is 3.54. The van der Waals surface area contributed by atoms with Crippen molar-refractivity contribution < 1.29 is 19.1 Å². The van der Waals surface area contributed by atoms with Crippen molar-refractivity contribution in [1.29, 1.82) is 0 Å². The predicted molar refractivity (Wildman–Crippen MR) is 56.2 cm³/mol. The molecule has 0 aromatic rings. The monoisotopic (exact) mass is 224 g/mol. The van der Waals surface area contributed by atoms with Crippen LogP contribution in [0, 0.1) is 17.8 Å². The number of ether oxygens (including phenoxy) is 2. The van der Waals surface area contributed by atoms with Gasteiger partial charge >= 0.3 is 11.9 Å². The van der Waals surface area contributed by atoms with E-state index in [4.69, 9.17) is 9.47 Å². The molecule has 3 unspecified atom stereocenters. The SMILES string of the molecule is CC(=O)OC1(OC(C)=O)C=CC2CC1C2C. The molecule has 0 N–H and O–H groups in total. The van der Waals surface area contributed by atoms with E-state index in [0.29, 0.717) is 11.8 Å². The van der Waals surface area contributed by atoms with Crippen molar-refractivity contribution in [3.63, 3.8) is 0 Å². The second-order valence-electron chi connectivity index (χ2n) is 4.63. The van der Waals surface area contributed by atoms with Gasteiger partial charge in [-0.15, -0.1) is 0 Å². The van der Waals surface area contributed by atoms with Crippen LogP contribution in [0.15, 0.2) is 12.2 Å². The van der Waals surface area contributed by atoms with Gasteiger partial charge in [-0.3, -0.25) is 9.59 Å². The number of fused-ring (bicyclic) bond motifs is 1. The van der Waals surface area contributed by atoms with Gasteiger partial charge in [0, 0.05) is 19.8 Å². The third kappa shape index (κ3) is 1.62. The highest BCUT2D eigenvalue weighted by molar-refractivity contribution is 5.69. The van der Waals surface area contributed by atoms with E-state index >= 15 is 0 Å². The molecule has 1 saturated carbocycles. The fraction of sp³-hybridized carbons (Fsp3) is 0.667. The fourth-order valence-electron chi connectivity index (χ4n) is 2.68. The largest absolute Gasteiger partial charge is 0.418 e. The van der Waals surface area contributed by atoms with Crippen molar-refractivity contribution in [1.82, 2.24) is 0 Å². The summed E-state index contributed by atoms with van der Waals surface area (Å²) in [5.74, 6) is -0.999. The zero-order chi connectivity index (χ0) is 11.9. The van der Waals surface area contributed by atoms with E-state index < -0.39 is 17.7 Å². The molecule has 3 aliphatic carbocycles. The van der Waals surface area contributed by atoms with E-state index in [-0.39, 0.29) is 5.92 Å².